The molecule has 356 valence electrons. The van der Waals surface area contributed by atoms with Crippen molar-refractivity contribution in [3.05, 3.63) is 0 Å². The van der Waals surface area contributed by atoms with E-state index >= 15 is 0 Å². The minimum atomic E-state index is -0.759. The summed E-state index contributed by atoms with van der Waals surface area (Å²) < 4.78 is 16.8. The van der Waals surface area contributed by atoms with Gasteiger partial charge in [0.05, 0.1) is 0 Å². The molecule has 0 rings (SSSR count). The predicted molar refractivity (Wildman–Crippen MR) is 257 cm³/mol. The van der Waals surface area contributed by atoms with E-state index in [1.54, 1.807) is 0 Å². The lowest BCUT2D eigenvalue weighted by Crippen LogP contribution is -2.30. The van der Waals surface area contributed by atoms with Crippen molar-refractivity contribution in [2.75, 3.05) is 13.2 Å². The van der Waals surface area contributed by atoms with Crippen molar-refractivity contribution in [1.29, 1.82) is 0 Å². The average molecular weight is 849 g/mol. The van der Waals surface area contributed by atoms with Gasteiger partial charge in [-0.2, -0.15) is 0 Å². The average Bonchev–Trinajstić information content (AvgIpc) is 3.24. The van der Waals surface area contributed by atoms with Gasteiger partial charge in [-0.15, -0.1) is 0 Å². The van der Waals surface area contributed by atoms with Crippen LogP contribution in [0.15, 0.2) is 0 Å². The van der Waals surface area contributed by atoms with Crippen LogP contribution in [0.2, 0.25) is 0 Å². The van der Waals surface area contributed by atoms with E-state index in [4.69, 9.17) is 14.2 Å². The van der Waals surface area contributed by atoms with Crippen LogP contribution in [-0.2, 0) is 28.6 Å². The van der Waals surface area contributed by atoms with E-state index in [2.05, 4.69) is 20.8 Å². The van der Waals surface area contributed by atoms with Crippen LogP contribution in [0.4, 0.5) is 0 Å². The summed E-state index contributed by atoms with van der Waals surface area (Å²) in [5.74, 6) is -0.838. The topological polar surface area (TPSA) is 78.9 Å². The van der Waals surface area contributed by atoms with Gasteiger partial charge in [0, 0.05) is 19.3 Å². The zero-order valence-corrected chi connectivity index (χ0v) is 40.8. The van der Waals surface area contributed by atoms with Crippen LogP contribution in [0, 0.1) is 0 Å². The molecule has 0 saturated carbocycles. The Labute approximate surface area is 374 Å². The van der Waals surface area contributed by atoms with Crippen molar-refractivity contribution in [1.82, 2.24) is 0 Å². The molecule has 0 aliphatic rings. The molecule has 0 aliphatic heterocycles. The fourth-order valence-corrected chi connectivity index (χ4v) is 8.27. The van der Waals surface area contributed by atoms with E-state index in [1.807, 2.05) is 0 Å². The molecular formula is C54H104O6. The predicted octanol–water partition coefficient (Wildman–Crippen LogP) is 17.6. The number of hydrogen-bond donors (Lipinski definition) is 0. The highest BCUT2D eigenvalue weighted by Crippen LogP contribution is 2.17. The van der Waals surface area contributed by atoms with Gasteiger partial charge in [0.15, 0.2) is 6.10 Å². The minimum absolute atomic E-state index is 0.0615. The van der Waals surface area contributed by atoms with Crippen molar-refractivity contribution < 1.29 is 28.6 Å². The van der Waals surface area contributed by atoms with Gasteiger partial charge in [0.2, 0.25) is 0 Å². The van der Waals surface area contributed by atoms with Gasteiger partial charge in [-0.25, -0.2) is 0 Å². The molecule has 0 spiro atoms. The van der Waals surface area contributed by atoms with Crippen molar-refractivity contribution >= 4 is 17.9 Å². The summed E-state index contributed by atoms with van der Waals surface area (Å²) in [7, 11) is 0. The second-order valence-corrected chi connectivity index (χ2v) is 18.5. The molecule has 0 radical (unpaired) electrons. The molecule has 0 aromatic carbocycles. The zero-order valence-electron chi connectivity index (χ0n) is 40.8. The third-order valence-electron chi connectivity index (χ3n) is 12.4. The maximum Gasteiger partial charge on any atom is 0.306 e. The van der Waals surface area contributed by atoms with Gasteiger partial charge in [0.25, 0.3) is 0 Å². The monoisotopic (exact) mass is 849 g/mol. The van der Waals surface area contributed by atoms with Crippen LogP contribution in [-0.4, -0.2) is 37.2 Å². The van der Waals surface area contributed by atoms with E-state index in [0.29, 0.717) is 19.3 Å². The first-order valence-electron chi connectivity index (χ1n) is 27.0. The second kappa shape index (κ2) is 50.1. The van der Waals surface area contributed by atoms with Crippen LogP contribution in [0.3, 0.4) is 0 Å². The summed E-state index contributed by atoms with van der Waals surface area (Å²) in [5.41, 5.74) is 0. The van der Waals surface area contributed by atoms with Gasteiger partial charge in [0.1, 0.15) is 13.2 Å². The molecule has 0 bridgehead atoms. The number of carbonyl (C=O) groups is 3. The van der Waals surface area contributed by atoms with E-state index in [0.717, 1.165) is 57.8 Å². The van der Waals surface area contributed by atoms with Crippen LogP contribution >= 0.6 is 0 Å². The number of rotatable bonds is 50. The van der Waals surface area contributed by atoms with Crippen LogP contribution in [0.5, 0.6) is 0 Å². The van der Waals surface area contributed by atoms with E-state index in [-0.39, 0.29) is 31.1 Å². The SMILES string of the molecule is CCCCCCCCCCCCCCCCCCC(=O)O[C@@H](COC(=O)CCCCCCCCCCCCC)COC(=O)CCCCCCCCCCCCCCCCC. The highest BCUT2D eigenvalue weighted by Gasteiger charge is 2.19. The van der Waals surface area contributed by atoms with Crippen LogP contribution < -0.4 is 0 Å². The first kappa shape index (κ1) is 58.4. The molecule has 0 fully saturated rings. The molecule has 0 aromatic rings. The van der Waals surface area contributed by atoms with Gasteiger partial charge in [-0.1, -0.05) is 271 Å². The summed E-state index contributed by atoms with van der Waals surface area (Å²) in [6.07, 6.45) is 53.7. The molecule has 0 unspecified atom stereocenters. The first-order chi connectivity index (χ1) is 29.5. The fraction of sp³-hybridized carbons (Fsp3) is 0.944. The second-order valence-electron chi connectivity index (χ2n) is 18.5. The number of esters is 3. The van der Waals surface area contributed by atoms with E-state index in [9.17, 15) is 14.4 Å². The summed E-state index contributed by atoms with van der Waals surface area (Å²) in [5, 5.41) is 0. The Bertz CT molecular complexity index is 889. The Morgan fingerprint density at radius 1 is 0.267 bits per heavy atom. The normalized spacial score (nSPS) is 11.8. The molecule has 1 atom stereocenters. The van der Waals surface area contributed by atoms with E-state index < -0.39 is 6.10 Å². The molecule has 60 heavy (non-hydrogen) atoms. The summed E-state index contributed by atoms with van der Waals surface area (Å²) in [6.45, 7) is 6.69. The lowest BCUT2D eigenvalue weighted by molar-refractivity contribution is -0.167. The lowest BCUT2D eigenvalue weighted by Gasteiger charge is -2.18. The van der Waals surface area contributed by atoms with Crippen LogP contribution in [0.1, 0.15) is 310 Å². The van der Waals surface area contributed by atoms with Gasteiger partial charge < -0.3 is 14.2 Å². The molecular weight excluding hydrogens is 745 g/mol. The van der Waals surface area contributed by atoms with E-state index in [1.165, 1.54) is 212 Å². The van der Waals surface area contributed by atoms with Gasteiger partial charge in [-0.3, -0.25) is 14.4 Å². The number of ether oxygens (including phenoxy) is 3. The minimum Gasteiger partial charge on any atom is -0.462 e. The third kappa shape index (κ3) is 47.5. The number of carbonyl (C=O) groups excluding carboxylic acids is 3. The summed E-state index contributed by atoms with van der Waals surface area (Å²) in [6, 6.07) is 0. The molecule has 0 aliphatic carbocycles. The Morgan fingerprint density at radius 2 is 0.450 bits per heavy atom. The molecule has 6 heteroatoms. The quantitative estimate of drug-likeness (QED) is 0.0345. The molecule has 0 N–H and O–H groups in total. The number of unbranched alkanes of at least 4 members (excludes halogenated alkanes) is 39. The molecule has 0 aromatic heterocycles. The maximum absolute atomic E-state index is 12.8. The summed E-state index contributed by atoms with van der Waals surface area (Å²) in [4.78, 5) is 38.0. The standard InChI is InChI=1S/C54H104O6/c1-4-7-10-13-16-19-22-24-26-28-30-33-36-39-42-45-48-54(57)60-51(49-58-52(55)46-43-40-37-34-31-21-18-15-12-9-6-3)50-59-53(56)47-44-41-38-35-32-29-27-25-23-20-17-14-11-8-5-2/h51H,4-50H2,1-3H3/t51-/m0/s1. The van der Waals surface area contributed by atoms with Crippen molar-refractivity contribution in [2.24, 2.45) is 0 Å². The Kier molecular flexibility index (Phi) is 48.7. The number of hydrogen-bond acceptors (Lipinski definition) is 6. The molecule has 0 amide bonds. The Balaban J connectivity index is 4.28. The smallest absolute Gasteiger partial charge is 0.306 e. The largest absolute Gasteiger partial charge is 0.462 e. The molecule has 0 heterocycles. The molecule has 6 nitrogen and oxygen atoms in total. The summed E-state index contributed by atoms with van der Waals surface area (Å²) >= 11 is 0. The van der Waals surface area contributed by atoms with Crippen molar-refractivity contribution in [3.8, 4) is 0 Å². The maximum atomic E-state index is 12.8. The lowest BCUT2D eigenvalue weighted by atomic mass is 10.0. The Morgan fingerprint density at radius 3 is 0.667 bits per heavy atom. The zero-order chi connectivity index (χ0) is 43.7. The fourth-order valence-electron chi connectivity index (χ4n) is 8.27. The van der Waals surface area contributed by atoms with Gasteiger partial charge >= 0.3 is 17.9 Å². The highest BCUT2D eigenvalue weighted by molar-refractivity contribution is 5.71. The first-order valence-corrected chi connectivity index (χ1v) is 27.0. The van der Waals surface area contributed by atoms with Gasteiger partial charge in [-0.05, 0) is 19.3 Å². The third-order valence-corrected chi connectivity index (χ3v) is 12.4. The van der Waals surface area contributed by atoms with Crippen molar-refractivity contribution in [3.63, 3.8) is 0 Å². The van der Waals surface area contributed by atoms with Crippen LogP contribution in [0.25, 0.3) is 0 Å². The van der Waals surface area contributed by atoms with Crippen molar-refractivity contribution in [2.45, 2.75) is 316 Å². The highest BCUT2D eigenvalue weighted by atomic mass is 16.6. The molecule has 0 saturated heterocycles. The Hall–Kier alpha value is -1.59.